The number of aromatic amines is 1. The van der Waals surface area contributed by atoms with Crippen LogP contribution >= 0.6 is 0 Å². The Kier molecular flexibility index (Phi) is 5.02. The Hall–Kier alpha value is -4.74. The second kappa shape index (κ2) is 7.83. The van der Waals surface area contributed by atoms with Crippen LogP contribution in [-0.2, 0) is 13.1 Å². The number of anilines is 2. The van der Waals surface area contributed by atoms with Gasteiger partial charge in [-0.1, -0.05) is 24.3 Å². The van der Waals surface area contributed by atoms with Gasteiger partial charge in [-0.3, -0.25) is 14.4 Å². The summed E-state index contributed by atoms with van der Waals surface area (Å²) < 4.78 is 0.859. The van der Waals surface area contributed by atoms with Crippen molar-refractivity contribution in [2.24, 2.45) is 0 Å². The van der Waals surface area contributed by atoms with Crippen LogP contribution in [0.4, 0.5) is 11.4 Å². The second-order valence-electron chi connectivity index (χ2n) is 6.92. The molecule has 2 heterocycles. The van der Waals surface area contributed by atoms with Gasteiger partial charge in [-0.25, -0.2) is 19.0 Å². The molecular formula is C20H16N6O6. The van der Waals surface area contributed by atoms with Crippen LogP contribution in [-0.4, -0.2) is 31.4 Å². The summed E-state index contributed by atoms with van der Waals surface area (Å²) in [6.07, 6.45) is 1.21. The van der Waals surface area contributed by atoms with Crippen LogP contribution in [0.2, 0.25) is 0 Å². The number of aromatic nitrogens is 3. The first-order valence-corrected chi connectivity index (χ1v) is 9.29. The molecular weight excluding hydrogens is 420 g/mol. The molecule has 162 valence electrons. The summed E-state index contributed by atoms with van der Waals surface area (Å²) in [5.74, 6) is -2.00. The number of aromatic carboxylic acids is 1. The number of carboxylic acids is 1. The first kappa shape index (κ1) is 20.5. The van der Waals surface area contributed by atoms with Crippen molar-refractivity contribution in [3.8, 4) is 0 Å². The number of imidazole rings is 1. The Labute approximate surface area is 178 Å². The normalized spacial score (nSPS) is 11.0. The number of hydrogen-bond donors (Lipinski definition) is 5. The first-order chi connectivity index (χ1) is 15.3. The molecule has 1 amide bonds. The van der Waals surface area contributed by atoms with E-state index >= 15 is 0 Å². The van der Waals surface area contributed by atoms with Crippen LogP contribution in [0.1, 0.15) is 32.1 Å². The molecule has 0 saturated heterocycles. The number of carboxylic acid groups (broad SMARTS) is 1. The molecule has 12 nitrogen and oxygen atoms in total. The summed E-state index contributed by atoms with van der Waals surface area (Å²) in [4.78, 5) is 64.7. The molecule has 0 aliphatic carbocycles. The highest BCUT2D eigenvalue weighted by Crippen LogP contribution is 2.13. The molecule has 6 N–H and O–H groups in total. The maximum absolute atomic E-state index is 12.5. The third kappa shape index (κ3) is 3.60. The van der Waals surface area contributed by atoms with Gasteiger partial charge < -0.3 is 26.5 Å². The number of carbonyl (C=O) groups excluding carboxylic acids is 1. The van der Waals surface area contributed by atoms with Gasteiger partial charge in [0.15, 0.2) is 5.65 Å². The van der Waals surface area contributed by atoms with Crippen LogP contribution in [0.5, 0.6) is 0 Å². The fourth-order valence-corrected chi connectivity index (χ4v) is 3.20. The number of H-pyrrole nitrogens is 1. The monoisotopic (exact) mass is 436 g/mol. The van der Waals surface area contributed by atoms with Crippen LogP contribution < -0.4 is 32.9 Å². The Morgan fingerprint density at radius 2 is 1.81 bits per heavy atom. The standard InChI is InChI=1S/C20H16N6O6/c21-14-15(17(28)16(14)27)22-6-9-2-1-3-10(4-9)7-23-18(29)11-5-12(19(30)31)26-13(25-11)8-24-20(26)32/h1-5,8,22H,6-7,21H2,(H,23,29)(H,24,32)(H,30,31). The number of nitrogen functional groups attached to an aromatic ring is 1. The topological polar surface area (TPSA) is 189 Å². The van der Waals surface area contributed by atoms with Crippen LogP contribution in [0.15, 0.2) is 50.9 Å². The minimum Gasteiger partial charge on any atom is -0.477 e. The van der Waals surface area contributed by atoms with E-state index in [2.05, 4.69) is 20.6 Å². The van der Waals surface area contributed by atoms with Crippen molar-refractivity contribution in [1.29, 1.82) is 0 Å². The van der Waals surface area contributed by atoms with E-state index in [4.69, 9.17) is 5.73 Å². The number of carbonyl (C=O) groups is 2. The fraction of sp³-hybridized carbons (Fsp3) is 0.100. The summed E-state index contributed by atoms with van der Waals surface area (Å²) in [6, 6.07) is 8.11. The molecule has 0 saturated carbocycles. The van der Waals surface area contributed by atoms with Crippen molar-refractivity contribution < 1.29 is 14.7 Å². The van der Waals surface area contributed by atoms with E-state index in [1.165, 1.54) is 6.20 Å². The summed E-state index contributed by atoms with van der Waals surface area (Å²) in [6.45, 7) is 0.364. The third-order valence-corrected chi connectivity index (χ3v) is 4.82. The number of benzene rings is 1. The zero-order valence-corrected chi connectivity index (χ0v) is 16.3. The van der Waals surface area contributed by atoms with Gasteiger partial charge in [-0.2, -0.15) is 0 Å². The summed E-state index contributed by atoms with van der Waals surface area (Å²) >= 11 is 0. The van der Waals surface area contributed by atoms with Gasteiger partial charge in [0.2, 0.25) is 0 Å². The Balaban J connectivity index is 1.46. The molecule has 0 fully saturated rings. The SMILES string of the molecule is Nc1c(NCc2cccc(CNC(=O)c3cc(C(=O)O)n4c(=O)[nH]cc4n3)c2)c(=O)c1=O. The first-order valence-electron chi connectivity index (χ1n) is 9.29. The van der Waals surface area contributed by atoms with Gasteiger partial charge in [-0.15, -0.1) is 0 Å². The van der Waals surface area contributed by atoms with Crippen molar-refractivity contribution in [2.45, 2.75) is 13.1 Å². The highest BCUT2D eigenvalue weighted by Gasteiger charge is 2.19. The fourth-order valence-electron chi connectivity index (χ4n) is 3.20. The summed E-state index contributed by atoms with van der Waals surface area (Å²) in [5.41, 5.74) is 4.43. The number of fused-ring (bicyclic) bond motifs is 1. The zero-order valence-electron chi connectivity index (χ0n) is 16.3. The van der Waals surface area contributed by atoms with Crippen LogP contribution in [0.25, 0.3) is 5.65 Å². The smallest absolute Gasteiger partial charge is 0.353 e. The van der Waals surface area contributed by atoms with Gasteiger partial charge >= 0.3 is 11.7 Å². The van der Waals surface area contributed by atoms with E-state index in [0.717, 1.165) is 21.6 Å². The lowest BCUT2D eigenvalue weighted by molar-refractivity contribution is 0.0688. The van der Waals surface area contributed by atoms with Gasteiger partial charge in [0.1, 0.15) is 22.8 Å². The van der Waals surface area contributed by atoms with Crippen LogP contribution in [0, 0.1) is 0 Å². The summed E-state index contributed by atoms with van der Waals surface area (Å²) in [5, 5.41) is 14.8. The van der Waals surface area contributed by atoms with Crippen molar-refractivity contribution in [3.05, 3.63) is 90.0 Å². The number of nitrogens with two attached hydrogens (primary N) is 1. The van der Waals surface area contributed by atoms with Crippen LogP contribution in [0.3, 0.4) is 0 Å². The molecule has 12 heteroatoms. The number of rotatable bonds is 7. The molecule has 0 aliphatic heterocycles. The third-order valence-electron chi connectivity index (χ3n) is 4.82. The molecule has 0 bridgehead atoms. The molecule has 4 rings (SSSR count). The van der Waals surface area contributed by atoms with E-state index in [0.29, 0.717) is 0 Å². The molecule has 0 atom stereocenters. The molecule has 4 aromatic rings. The van der Waals surface area contributed by atoms with E-state index in [1.54, 1.807) is 24.3 Å². The van der Waals surface area contributed by atoms with Crippen molar-refractivity contribution >= 4 is 28.9 Å². The predicted molar refractivity (Wildman–Crippen MR) is 113 cm³/mol. The highest BCUT2D eigenvalue weighted by atomic mass is 16.4. The van der Waals surface area contributed by atoms with Crippen molar-refractivity contribution in [2.75, 3.05) is 11.1 Å². The minimum absolute atomic E-state index is 0.00530. The molecule has 2 aromatic carbocycles. The lowest BCUT2D eigenvalue weighted by Gasteiger charge is -2.11. The molecule has 2 aromatic heterocycles. The molecule has 0 unspecified atom stereocenters. The van der Waals surface area contributed by atoms with E-state index in [9.17, 15) is 29.1 Å². The minimum atomic E-state index is -1.38. The van der Waals surface area contributed by atoms with Gasteiger partial charge in [0.25, 0.3) is 16.8 Å². The largest absolute Gasteiger partial charge is 0.477 e. The Morgan fingerprint density at radius 3 is 2.50 bits per heavy atom. The van der Waals surface area contributed by atoms with Crippen molar-refractivity contribution in [1.82, 2.24) is 19.7 Å². The number of amides is 1. The lowest BCUT2D eigenvalue weighted by Crippen LogP contribution is -2.36. The quantitative estimate of drug-likeness (QED) is 0.236. The van der Waals surface area contributed by atoms with Gasteiger partial charge in [-0.05, 0) is 11.1 Å². The maximum atomic E-state index is 12.5. The summed E-state index contributed by atoms with van der Waals surface area (Å²) in [7, 11) is 0. The predicted octanol–water partition coefficient (Wildman–Crippen LogP) is -0.559. The van der Waals surface area contributed by atoms with Gasteiger partial charge in [0, 0.05) is 25.4 Å². The molecule has 32 heavy (non-hydrogen) atoms. The van der Waals surface area contributed by atoms with Gasteiger partial charge in [0.05, 0.1) is 0 Å². The average Bonchev–Trinajstić information content (AvgIpc) is 3.17. The van der Waals surface area contributed by atoms with E-state index in [1.807, 2.05) is 0 Å². The molecule has 0 radical (unpaired) electrons. The lowest BCUT2D eigenvalue weighted by atomic mass is 10.1. The number of hydrogen-bond acceptors (Lipinski definition) is 8. The number of nitrogens with one attached hydrogen (secondary N) is 3. The highest BCUT2D eigenvalue weighted by molar-refractivity contribution is 5.96. The number of nitrogens with zero attached hydrogens (tertiary/aromatic N) is 2. The van der Waals surface area contributed by atoms with E-state index in [-0.39, 0.29) is 35.8 Å². The second-order valence-corrected chi connectivity index (χ2v) is 6.92. The van der Waals surface area contributed by atoms with E-state index < -0.39 is 34.1 Å². The molecule has 0 aliphatic rings. The molecule has 0 spiro atoms. The Bertz CT molecular complexity index is 1510. The average molecular weight is 436 g/mol. The Morgan fingerprint density at radius 1 is 1.09 bits per heavy atom. The zero-order chi connectivity index (χ0) is 23.0. The van der Waals surface area contributed by atoms with Crippen molar-refractivity contribution in [3.63, 3.8) is 0 Å². The maximum Gasteiger partial charge on any atom is 0.353 e.